The van der Waals surface area contributed by atoms with Gasteiger partial charge in [0, 0.05) is 5.92 Å². The maximum atomic E-state index is 3.26. The molecule has 0 amide bonds. The van der Waals surface area contributed by atoms with Gasteiger partial charge in [0.1, 0.15) is 18.4 Å². The van der Waals surface area contributed by atoms with Gasteiger partial charge in [-0.1, -0.05) is 86.8 Å². The first-order valence-electron chi connectivity index (χ1n) is 10.5. The Morgan fingerprint density at radius 2 is 1.44 bits per heavy atom. The molecule has 142 valence electrons. The second-order valence-corrected chi connectivity index (χ2v) is 7.61. The summed E-state index contributed by atoms with van der Waals surface area (Å²) in [5, 5.41) is 0. The average molecular weight is 362 g/mol. The van der Waals surface area contributed by atoms with Crippen molar-refractivity contribution < 1.29 is 4.57 Å². The van der Waals surface area contributed by atoms with Crippen molar-refractivity contribution in [3.63, 3.8) is 0 Å². The first-order valence-corrected chi connectivity index (χ1v) is 10.5. The number of H-pyrrole nitrogens is 1. The maximum absolute atomic E-state index is 3.26. The van der Waals surface area contributed by atoms with Crippen LogP contribution in [0.3, 0.4) is 0 Å². The van der Waals surface area contributed by atoms with E-state index in [9.17, 15) is 0 Å². The molecule has 3 rings (SSSR count). The predicted molar refractivity (Wildman–Crippen MR) is 113 cm³/mol. The van der Waals surface area contributed by atoms with E-state index in [-0.39, 0.29) is 0 Å². The average Bonchev–Trinajstić information content (AvgIpc) is 3.24. The summed E-state index contributed by atoms with van der Waals surface area (Å²) < 4.78 is 2.41. The van der Waals surface area contributed by atoms with Gasteiger partial charge in [-0.05, 0) is 36.8 Å². The normalized spacial score (nSPS) is 12.4. The number of nitrogens with zero attached hydrogens (tertiary/aromatic N) is 1. The van der Waals surface area contributed by atoms with E-state index in [0.717, 1.165) is 12.8 Å². The van der Waals surface area contributed by atoms with E-state index >= 15 is 0 Å². The van der Waals surface area contributed by atoms with E-state index in [0.29, 0.717) is 12.0 Å². The lowest BCUT2D eigenvalue weighted by molar-refractivity contribution is -0.729. The number of hydrogen-bond donors (Lipinski definition) is 1. The number of imidazole rings is 1. The van der Waals surface area contributed by atoms with E-state index in [1.165, 1.54) is 43.2 Å². The second-order valence-electron chi connectivity index (χ2n) is 7.61. The molecule has 0 fully saturated rings. The lowest BCUT2D eigenvalue weighted by Gasteiger charge is -2.25. The van der Waals surface area contributed by atoms with E-state index in [1.807, 2.05) is 6.20 Å². The number of rotatable bonds is 11. The van der Waals surface area contributed by atoms with Crippen molar-refractivity contribution in [1.29, 1.82) is 0 Å². The van der Waals surface area contributed by atoms with Crippen LogP contribution in [0.15, 0.2) is 79.4 Å². The van der Waals surface area contributed by atoms with Crippen molar-refractivity contribution in [2.75, 3.05) is 0 Å². The highest BCUT2D eigenvalue weighted by Crippen LogP contribution is 2.27. The summed E-state index contributed by atoms with van der Waals surface area (Å²) in [7, 11) is 0. The Labute approximate surface area is 164 Å². The minimum atomic E-state index is 0.522. The van der Waals surface area contributed by atoms with Crippen molar-refractivity contribution in [2.45, 2.75) is 57.9 Å². The molecule has 0 aliphatic carbocycles. The van der Waals surface area contributed by atoms with Gasteiger partial charge in [0.15, 0.2) is 0 Å². The molecule has 1 heterocycles. The van der Waals surface area contributed by atoms with Crippen LogP contribution in [0.25, 0.3) is 0 Å². The maximum Gasteiger partial charge on any atom is 0.241 e. The lowest BCUT2D eigenvalue weighted by atomic mass is 9.84. The molecule has 1 atom stereocenters. The molecule has 0 saturated carbocycles. The molecule has 0 radical (unpaired) electrons. The highest BCUT2D eigenvalue weighted by atomic mass is 15.1. The highest BCUT2D eigenvalue weighted by molar-refractivity contribution is 5.18. The van der Waals surface area contributed by atoms with Crippen LogP contribution in [0.5, 0.6) is 0 Å². The molecule has 1 unspecified atom stereocenters. The molecule has 0 aliphatic rings. The first kappa shape index (κ1) is 19.4. The van der Waals surface area contributed by atoms with Crippen molar-refractivity contribution >= 4 is 0 Å². The van der Waals surface area contributed by atoms with Gasteiger partial charge in [-0.25, -0.2) is 4.57 Å². The van der Waals surface area contributed by atoms with Crippen molar-refractivity contribution in [3.05, 3.63) is 90.5 Å². The Hall–Kier alpha value is -2.35. The highest BCUT2D eigenvalue weighted by Gasteiger charge is 2.27. The van der Waals surface area contributed by atoms with Crippen molar-refractivity contribution in [2.24, 2.45) is 5.92 Å². The minimum absolute atomic E-state index is 0.522. The largest absolute Gasteiger partial charge is 0.250 e. The molecule has 27 heavy (non-hydrogen) atoms. The minimum Gasteiger partial charge on any atom is -0.250 e. The van der Waals surface area contributed by atoms with Crippen LogP contribution in [-0.4, -0.2) is 4.98 Å². The van der Waals surface area contributed by atoms with Gasteiger partial charge in [-0.15, -0.1) is 0 Å². The fourth-order valence-electron chi connectivity index (χ4n) is 4.09. The molecule has 0 bridgehead atoms. The fraction of sp³-hybridized carbons (Fsp3) is 0.400. The molecule has 1 aromatic heterocycles. The summed E-state index contributed by atoms with van der Waals surface area (Å²) in [5.74, 6) is 0.581. The van der Waals surface area contributed by atoms with Crippen LogP contribution in [-0.2, 0) is 12.8 Å². The Morgan fingerprint density at radius 1 is 0.815 bits per heavy atom. The zero-order valence-corrected chi connectivity index (χ0v) is 16.6. The van der Waals surface area contributed by atoms with Crippen LogP contribution in [0.2, 0.25) is 0 Å². The summed E-state index contributed by atoms with van der Waals surface area (Å²) in [6, 6.07) is 22.5. The molecular formula is C25H33N2+. The van der Waals surface area contributed by atoms with Crippen molar-refractivity contribution in [3.8, 4) is 0 Å². The fourth-order valence-corrected chi connectivity index (χ4v) is 4.09. The van der Waals surface area contributed by atoms with Gasteiger partial charge in [-0.3, -0.25) is 4.98 Å². The third-order valence-electron chi connectivity index (χ3n) is 5.53. The molecule has 0 spiro atoms. The van der Waals surface area contributed by atoms with Gasteiger partial charge in [0.25, 0.3) is 0 Å². The van der Waals surface area contributed by atoms with E-state index in [2.05, 4.69) is 89.7 Å². The number of hydrogen-bond acceptors (Lipinski definition) is 0. The third kappa shape index (κ3) is 6.09. The van der Waals surface area contributed by atoms with Gasteiger partial charge in [-0.2, -0.15) is 0 Å². The smallest absolute Gasteiger partial charge is 0.241 e. The molecule has 1 N–H and O–H groups in total. The monoisotopic (exact) mass is 361 g/mol. The number of nitrogens with one attached hydrogen (secondary N) is 1. The van der Waals surface area contributed by atoms with Crippen LogP contribution in [0, 0.1) is 5.92 Å². The number of unbranched alkanes of at least 4 members (excludes halogenated alkanes) is 3. The van der Waals surface area contributed by atoms with Crippen LogP contribution in [0.1, 0.15) is 56.2 Å². The Morgan fingerprint density at radius 3 is 1.96 bits per heavy atom. The van der Waals surface area contributed by atoms with Crippen LogP contribution >= 0.6 is 0 Å². The third-order valence-corrected chi connectivity index (χ3v) is 5.53. The summed E-state index contributed by atoms with van der Waals surface area (Å²) in [6.45, 7) is 2.28. The Bertz CT molecular complexity index is 693. The van der Waals surface area contributed by atoms with Gasteiger partial charge in [0.2, 0.25) is 6.33 Å². The van der Waals surface area contributed by atoms with Gasteiger partial charge < -0.3 is 0 Å². The number of benzene rings is 2. The van der Waals surface area contributed by atoms with E-state index < -0.39 is 0 Å². The van der Waals surface area contributed by atoms with E-state index in [4.69, 9.17) is 0 Å². The summed E-state index contributed by atoms with van der Waals surface area (Å²) >= 11 is 0. The molecule has 2 aromatic carbocycles. The Kier molecular flexibility index (Phi) is 7.70. The molecule has 0 saturated heterocycles. The van der Waals surface area contributed by atoms with Gasteiger partial charge >= 0.3 is 0 Å². The predicted octanol–water partition coefficient (Wildman–Crippen LogP) is 5.92. The summed E-state index contributed by atoms with van der Waals surface area (Å²) in [4.78, 5) is 3.26. The van der Waals surface area contributed by atoms with Crippen LogP contribution < -0.4 is 4.57 Å². The molecule has 3 aromatic rings. The molecule has 0 aliphatic heterocycles. The lowest BCUT2D eigenvalue weighted by Crippen LogP contribution is -2.43. The molecule has 2 nitrogen and oxygen atoms in total. The quantitative estimate of drug-likeness (QED) is 0.323. The summed E-state index contributed by atoms with van der Waals surface area (Å²) in [5.41, 5.74) is 2.88. The Balaban J connectivity index is 1.81. The number of aromatic amines is 1. The summed E-state index contributed by atoms with van der Waals surface area (Å²) in [6.07, 6.45) is 15.1. The van der Waals surface area contributed by atoms with Crippen LogP contribution in [0.4, 0.5) is 0 Å². The van der Waals surface area contributed by atoms with Crippen molar-refractivity contribution in [1.82, 2.24) is 4.98 Å². The topological polar surface area (TPSA) is 19.7 Å². The zero-order valence-electron chi connectivity index (χ0n) is 16.6. The van der Waals surface area contributed by atoms with Gasteiger partial charge in [0.05, 0.1) is 0 Å². The number of aromatic nitrogens is 2. The zero-order chi connectivity index (χ0) is 18.7. The second kappa shape index (κ2) is 10.7. The van der Waals surface area contributed by atoms with E-state index in [1.54, 1.807) is 0 Å². The molecular weight excluding hydrogens is 328 g/mol. The standard InChI is InChI=1S/C25H32N2/c1-2-3-4-11-16-25(27-18-17-26-21-27)24(19-22-12-7-5-8-13-22)20-23-14-9-6-10-15-23/h5-10,12-15,17-18,21,24-25H,2-4,11,16,19-20H2,1H3/p+1. The first-order chi connectivity index (χ1) is 13.4. The molecule has 2 heteroatoms. The SMILES string of the molecule is CCCCCCC(C(Cc1ccccc1)Cc1ccccc1)[n+]1cc[nH]c1.